The maximum absolute atomic E-state index is 11.7. The van der Waals surface area contributed by atoms with E-state index in [1.807, 2.05) is 22.6 Å². The Kier molecular flexibility index (Phi) is 3.87. The van der Waals surface area contributed by atoms with Crippen molar-refractivity contribution in [1.82, 2.24) is 9.55 Å². The molecule has 0 spiro atoms. The van der Waals surface area contributed by atoms with Crippen molar-refractivity contribution in [2.24, 2.45) is 0 Å². The molecule has 0 saturated carbocycles. The number of nitrogens with two attached hydrogens (primary N) is 1. The standard InChI is InChI=1S/C9H12IN3O5/c10-3-1-13(9(17)12-7(3)11)8-6(16)5(15)4(2-14)18-8/h1,4-6,8,14-16H,2H2,(H2,11,12,17)/t4-,5-,6-,8?/m1/s1. The van der Waals surface area contributed by atoms with Crippen molar-refractivity contribution in [2.45, 2.75) is 24.5 Å². The van der Waals surface area contributed by atoms with Gasteiger partial charge in [-0.25, -0.2) is 4.79 Å². The highest BCUT2D eigenvalue weighted by Gasteiger charge is 2.43. The molecule has 1 saturated heterocycles. The average Bonchev–Trinajstić information content (AvgIpc) is 2.61. The van der Waals surface area contributed by atoms with Gasteiger partial charge in [-0.1, -0.05) is 0 Å². The van der Waals surface area contributed by atoms with E-state index in [0.29, 0.717) is 3.57 Å². The molecular formula is C9H12IN3O5. The summed E-state index contributed by atoms with van der Waals surface area (Å²) in [5.41, 5.74) is 4.79. The molecule has 4 atom stereocenters. The molecule has 1 aliphatic rings. The number of hydrogen-bond acceptors (Lipinski definition) is 7. The molecule has 1 aliphatic heterocycles. The largest absolute Gasteiger partial charge is 0.394 e. The monoisotopic (exact) mass is 369 g/mol. The Morgan fingerprint density at radius 3 is 2.72 bits per heavy atom. The van der Waals surface area contributed by atoms with Crippen LogP contribution in [0, 0.1) is 3.57 Å². The smallest absolute Gasteiger partial charge is 0.351 e. The number of hydrogen-bond donors (Lipinski definition) is 4. The predicted molar refractivity (Wildman–Crippen MR) is 68.6 cm³/mol. The summed E-state index contributed by atoms with van der Waals surface area (Å²) in [6, 6.07) is 0. The second-order valence-electron chi connectivity index (χ2n) is 3.89. The topological polar surface area (TPSA) is 131 Å². The van der Waals surface area contributed by atoms with Gasteiger partial charge in [0.05, 0.1) is 10.2 Å². The number of rotatable bonds is 2. The van der Waals surface area contributed by atoms with Crippen LogP contribution in [0.3, 0.4) is 0 Å². The zero-order valence-electron chi connectivity index (χ0n) is 9.10. The summed E-state index contributed by atoms with van der Waals surface area (Å²) in [4.78, 5) is 15.2. The molecule has 1 unspecified atom stereocenters. The maximum Gasteiger partial charge on any atom is 0.351 e. The lowest BCUT2D eigenvalue weighted by Gasteiger charge is -2.17. The molecule has 0 radical (unpaired) electrons. The van der Waals surface area contributed by atoms with E-state index >= 15 is 0 Å². The zero-order valence-corrected chi connectivity index (χ0v) is 11.3. The van der Waals surface area contributed by atoms with E-state index in [2.05, 4.69) is 4.98 Å². The lowest BCUT2D eigenvalue weighted by atomic mass is 10.1. The molecule has 8 nitrogen and oxygen atoms in total. The van der Waals surface area contributed by atoms with Gasteiger partial charge >= 0.3 is 5.69 Å². The molecule has 1 aromatic rings. The van der Waals surface area contributed by atoms with E-state index in [1.54, 1.807) is 0 Å². The number of aromatic nitrogens is 2. The summed E-state index contributed by atoms with van der Waals surface area (Å²) in [7, 11) is 0. The lowest BCUT2D eigenvalue weighted by molar-refractivity contribution is -0.0550. The third-order valence-electron chi connectivity index (χ3n) is 2.73. The third kappa shape index (κ3) is 2.23. The summed E-state index contributed by atoms with van der Waals surface area (Å²) in [6.07, 6.45) is -3.23. The fourth-order valence-corrected chi connectivity index (χ4v) is 2.17. The Morgan fingerprint density at radius 1 is 1.50 bits per heavy atom. The van der Waals surface area contributed by atoms with Gasteiger partial charge in [-0.2, -0.15) is 4.98 Å². The van der Waals surface area contributed by atoms with Crippen molar-refractivity contribution in [3.8, 4) is 0 Å². The minimum Gasteiger partial charge on any atom is -0.394 e. The Hall–Kier alpha value is -0.750. The molecule has 5 N–H and O–H groups in total. The third-order valence-corrected chi connectivity index (χ3v) is 3.56. The second kappa shape index (κ2) is 5.09. The van der Waals surface area contributed by atoms with E-state index in [0.717, 1.165) is 4.57 Å². The van der Waals surface area contributed by atoms with Gasteiger partial charge in [0.1, 0.15) is 24.1 Å². The number of halogens is 1. The Balaban J connectivity index is 2.39. The van der Waals surface area contributed by atoms with Crippen LogP contribution in [0.25, 0.3) is 0 Å². The molecule has 0 amide bonds. The van der Waals surface area contributed by atoms with Crippen LogP contribution in [0.4, 0.5) is 5.82 Å². The van der Waals surface area contributed by atoms with Crippen molar-refractivity contribution < 1.29 is 20.1 Å². The molecule has 0 bridgehead atoms. The zero-order chi connectivity index (χ0) is 13.4. The summed E-state index contributed by atoms with van der Waals surface area (Å²) in [5.74, 6) is 0.0867. The molecule has 9 heteroatoms. The number of aliphatic hydroxyl groups is 3. The Labute approximate surface area is 115 Å². The van der Waals surface area contributed by atoms with Gasteiger partial charge in [0.15, 0.2) is 6.23 Å². The number of anilines is 1. The predicted octanol–water partition coefficient (Wildman–Crippen LogP) is -1.96. The van der Waals surface area contributed by atoms with E-state index in [4.69, 9.17) is 15.6 Å². The quantitative estimate of drug-likeness (QED) is 0.446. The van der Waals surface area contributed by atoms with E-state index in [-0.39, 0.29) is 5.82 Å². The van der Waals surface area contributed by atoms with Crippen molar-refractivity contribution in [2.75, 3.05) is 12.3 Å². The van der Waals surface area contributed by atoms with Crippen LogP contribution in [0.15, 0.2) is 11.0 Å². The summed E-state index contributed by atoms with van der Waals surface area (Å²) in [6.45, 7) is -0.455. The highest BCUT2D eigenvalue weighted by atomic mass is 127. The summed E-state index contributed by atoms with van der Waals surface area (Å²) in [5, 5.41) is 28.4. The van der Waals surface area contributed by atoms with Crippen LogP contribution in [0.2, 0.25) is 0 Å². The first-order valence-corrected chi connectivity index (χ1v) is 6.20. The minimum absolute atomic E-state index is 0.0867. The van der Waals surface area contributed by atoms with Crippen LogP contribution in [-0.4, -0.2) is 49.8 Å². The molecule has 1 aromatic heterocycles. The van der Waals surface area contributed by atoms with Crippen LogP contribution < -0.4 is 11.4 Å². The van der Waals surface area contributed by atoms with Crippen molar-refractivity contribution >= 4 is 28.4 Å². The molecule has 18 heavy (non-hydrogen) atoms. The normalized spacial score (nSPS) is 31.8. The SMILES string of the molecule is Nc1nc(=O)n(C2O[C@H](CO)[C@@H](O)[C@H]2O)cc1I. The molecule has 100 valence electrons. The Bertz CT molecular complexity index is 507. The molecule has 0 aliphatic carbocycles. The molecular weight excluding hydrogens is 357 g/mol. The molecule has 2 heterocycles. The highest BCUT2D eigenvalue weighted by Crippen LogP contribution is 2.28. The summed E-state index contributed by atoms with van der Waals surface area (Å²) < 4.78 is 6.79. The lowest BCUT2D eigenvalue weighted by Crippen LogP contribution is -2.36. The van der Waals surface area contributed by atoms with Gasteiger partial charge in [-0.05, 0) is 22.6 Å². The number of aliphatic hydroxyl groups excluding tert-OH is 3. The summed E-state index contributed by atoms with van der Waals surface area (Å²) >= 11 is 1.88. The van der Waals surface area contributed by atoms with Gasteiger partial charge in [-0.15, -0.1) is 0 Å². The maximum atomic E-state index is 11.7. The second-order valence-corrected chi connectivity index (χ2v) is 5.05. The number of nitrogens with zero attached hydrogens (tertiary/aromatic N) is 2. The fraction of sp³-hybridized carbons (Fsp3) is 0.556. The van der Waals surface area contributed by atoms with Gasteiger partial charge in [0.25, 0.3) is 0 Å². The van der Waals surface area contributed by atoms with Gasteiger partial charge in [-0.3, -0.25) is 4.57 Å². The highest BCUT2D eigenvalue weighted by molar-refractivity contribution is 14.1. The fourth-order valence-electron chi connectivity index (χ4n) is 1.75. The number of nitrogen functional groups attached to an aromatic ring is 1. The Morgan fingerprint density at radius 2 is 2.17 bits per heavy atom. The van der Waals surface area contributed by atoms with Crippen LogP contribution in [0.1, 0.15) is 6.23 Å². The first kappa shape index (κ1) is 13.7. The molecule has 1 fully saturated rings. The van der Waals surface area contributed by atoms with Crippen molar-refractivity contribution in [3.63, 3.8) is 0 Å². The van der Waals surface area contributed by atoms with Gasteiger partial charge < -0.3 is 25.8 Å². The van der Waals surface area contributed by atoms with E-state index < -0.39 is 36.8 Å². The van der Waals surface area contributed by atoms with E-state index in [1.165, 1.54) is 6.20 Å². The van der Waals surface area contributed by atoms with Crippen LogP contribution in [0.5, 0.6) is 0 Å². The van der Waals surface area contributed by atoms with Gasteiger partial charge in [0.2, 0.25) is 0 Å². The number of ether oxygens (including phenoxy) is 1. The van der Waals surface area contributed by atoms with Crippen molar-refractivity contribution in [3.05, 3.63) is 20.3 Å². The first-order chi connectivity index (χ1) is 8.45. The van der Waals surface area contributed by atoms with Crippen LogP contribution >= 0.6 is 22.6 Å². The first-order valence-electron chi connectivity index (χ1n) is 5.12. The van der Waals surface area contributed by atoms with Crippen molar-refractivity contribution in [1.29, 1.82) is 0 Å². The molecule has 0 aromatic carbocycles. The minimum atomic E-state index is -1.32. The van der Waals surface area contributed by atoms with Crippen LogP contribution in [-0.2, 0) is 4.74 Å². The molecule has 2 rings (SSSR count). The van der Waals surface area contributed by atoms with E-state index in [9.17, 15) is 15.0 Å². The average molecular weight is 369 g/mol. The van der Waals surface area contributed by atoms with Gasteiger partial charge in [0, 0.05) is 6.20 Å².